The molecule has 8 heteroatoms. The Morgan fingerprint density at radius 3 is 2.54 bits per heavy atom. The predicted octanol–water partition coefficient (Wildman–Crippen LogP) is 5.99. The Morgan fingerprint density at radius 2 is 1.79 bits per heavy atom. The standard InChI is InChI=1S/C31H33N5O3/c1-18-14-24(19(2)32-25-11-9-8-10-22(25)30(38)39-31(4,5)6)29-33-26(16-28(37)36(29)17-18)21-12-13-27-23(15-21)20(3)34-35(27)7/h8-17,19,32H,1-7H3. The Morgan fingerprint density at radius 1 is 1.05 bits per heavy atom. The summed E-state index contributed by atoms with van der Waals surface area (Å²) in [5.74, 6) is -0.399. The van der Waals surface area contributed by atoms with E-state index in [4.69, 9.17) is 9.72 Å². The van der Waals surface area contributed by atoms with Gasteiger partial charge in [0.1, 0.15) is 11.2 Å². The van der Waals surface area contributed by atoms with Gasteiger partial charge in [-0.15, -0.1) is 0 Å². The normalized spacial score (nSPS) is 12.6. The molecule has 0 aliphatic carbocycles. The van der Waals surface area contributed by atoms with Crippen LogP contribution in [0.2, 0.25) is 0 Å². The van der Waals surface area contributed by atoms with E-state index in [0.29, 0.717) is 22.6 Å². The average molecular weight is 524 g/mol. The molecule has 1 atom stereocenters. The highest BCUT2D eigenvalue weighted by Gasteiger charge is 2.22. The molecule has 3 aromatic heterocycles. The highest BCUT2D eigenvalue weighted by Crippen LogP contribution is 2.29. The van der Waals surface area contributed by atoms with Gasteiger partial charge in [-0.2, -0.15) is 5.10 Å². The minimum Gasteiger partial charge on any atom is -0.456 e. The number of aromatic nitrogens is 4. The number of aryl methyl sites for hydroxylation is 3. The third-order valence-electron chi connectivity index (χ3n) is 6.64. The van der Waals surface area contributed by atoms with Gasteiger partial charge in [-0.3, -0.25) is 13.9 Å². The molecule has 1 N–H and O–H groups in total. The summed E-state index contributed by atoms with van der Waals surface area (Å²) in [4.78, 5) is 31.2. The van der Waals surface area contributed by atoms with Crippen LogP contribution in [0.3, 0.4) is 0 Å². The first-order chi connectivity index (χ1) is 18.4. The number of nitrogens with one attached hydrogen (secondary N) is 1. The van der Waals surface area contributed by atoms with E-state index in [2.05, 4.69) is 10.4 Å². The molecule has 200 valence electrons. The molecule has 3 heterocycles. The maximum atomic E-state index is 13.3. The lowest BCUT2D eigenvalue weighted by Crippen LogP contribution is -2.25. The predicted molar refractivity (Wildman–Crippen MR) is 154 cm³/mol. The summed E-state index contributed by atoms with van der Waals surface area (Å²) >= 11 is 0. The van der Waals surface area contributed by atoms with E-state index >= 15 is 0 Å². The van der Waals surface area contributed by atoms with Crippen LogP contribution in [0.5, 0.6) is 0 Å². The number of anilines is 1. The van der Waals surface area contributed by atoms with Gasteiger partial charge >= 0.3 is 5.97 Å². The van der Waals surface area contributed by atoms with Crippen LogP contribution in [-0.2, 0) is 11.8 Å². The van der Waals surface area contributed by atoms with E-state index in [9.17, 15) is 9.59 Å². The number of ether oxygens (including phenoxy) is 1. The Labute approximate surface area is 227 Å². The summed E-state index contributed by atoms with van der Waals surface area (Å²) < 4.78 is 9.05. The van der Waals surface area contributed by atoms with Crippen LogP contribution in [0.1, 0.15) is 60.9 Å². The third kappa shape index (κ3) is 5.14. The molecule has 2 aromatic carbocycles. The van der Waals surface area contributed by atoms with Crippen molar-refractivity contribution in [1.29, 1.82) is 0 Å². The van der Waals surface area contributed by atoms with Crippen LogP contribution >= 0.6 is 0 Å². The van der Waals surface area contributed by atoms with Crippen molar-refractivity contribution < 1.29 is 9.53 Å². The van der Waals surface area contributed by atoms with Crippen molar-refractivity contribution in [2.24, 2.45) is 7.05 Å². The number of nitrogens with zero attached hydrogens (tertiary/aromatic N) is 4. The van der Waals surface area contributed by atoms with Crippen LogP contribution in [0.25, 0.3) is 27.8 Å². The number of hydrogen-bond acceptors (Lipinski definition) is 6. The second-order valence-electron chi connectivity index (χ2n) is 11.0. The van der Waals surface area contributed by atoms with Crippen molar-refractivity contribution in [2.45, 2.75) is 53.2 Å². The highest BCUT2D eigenvalue weighted by molar-refractivity contribution is 5.96. The molecule has 0 saturated heterocycles. The summed E-state index contributed by atoms with van der Waals surface area (Å²) in [5, 5.41) is 8.99. The van der Waals surface area contributed by atoms with Crippen molar-refractivity contribution in [3.8, 4) is 11.3 Å². The quantitative estimate of drug-likeness (QED) is 0.285. The average Bonchev–Trinajstić information content (AvgIpc) is 3.15. The molecule has 8 nitrogen and oxygen atoms in total. The summed E-state index contributed by atoms with van der Waals surface area (Å²) in [7, 11) is 1.92. The number of carbonyl (C=O) groups is 1. The molecular formula is C31H33N5O3. The van der Waals surface area contributed by atoms with Crippen LogP contribution in [0.4, 0.5) is 5.69 Å². The molecule has 0 saturated carbocycles. The van der Waals surface area contributed by atoms with Crippen LogP contribution in [0.15, 0.2) is 65.6 Å². The molecule has 5 rings (SSSR count). The van der Waals surface area contributed by atoms with Crippen molar-refractivity contribution in [2.75, 3.05) is 5.32 Å². The van der Waals surface area contributed by atoms with Gasteiger partial charge in [-0.05, 0) is 77.4 Å². The Kier molecular flexibility index (Phi) is 6.50. The summed E-state index contributed by atoms with van der Waals surface area (Å²) in [6, 6.07) is 16.6. The third-order valence-corrected chi connectivity index (χ3v) is 6.64. The molecule has 5 aromatic rings. The van der Waals surface area contributed by atoms with Crippen LogP contribution < -0.4 is 10.9 Å². The first-order valence-electron chi connectivity index (χ1n) is 13.0. The molecule has 39 heavy (non-hydrogen) atoms. The van der Waals surface area contributed by atoms with E-state index in [0.717, 1.165) is 33.3 Å². The Balaban J connectivity index is 1.58. The molecule has 0 aliphatic heterocycles. The topological polar surface area (TPSA) is 90.5 Å². The van der Waals surface area contributed by atoms with E-state index in [1.807, 2.05) is 95.7 Å². The molecule has 0 radical (unpaired) electrons. The summed E-state index contributed by atoms with van der Waals surface area (Å²) in [5.41, 5.74) is 6.03. The summed E-state index contributed by atoms with van der Waals surface area (Å²) in [6.07, 6.45) is 1.80. The second kappa shape index (κ2) is 9.69. The van der Waals surface area contributed by atoms with Crippen molar-refractivity contribution in [3.63, 3.8) is 0 Å². The van der Waals surface area contributed by atoms with E-state index in [1.54, 1.807) is 22.7 Å². The SMILES string of the molecule is Cc1cc(C(C)Nc2ccccc2C(=O)OC(C)(C)C)c2nc(-c3ccc4c(c3)c(C)nn4C)cc(=O)n2c1. The monoisotopic (exact) mass is 523 g/mol. The number of pyridine rings is 1. The maximum Gasteiger partial charge on any atom is 0.340 e. The van der Waals surface area contributed by atoms with Gasteiger partial charge in [0.25, 0.3) is 5.56 Å². The van der Waals surface area contributed by atoms with E-state index in [1.165, 1.54) is 0 Å². The van der Waals surface area contributed by atoms with Crippen molar-refractivity contribution in [1.82, 2.24) is 19.2 Å². The molecule has 1 unspecified atom stereocenters. The molecule has 0 amide bonds. The fraction of sp³-hybridized carbons (Fsp3) is 0.290. The molecule has 0 fully saturated rings. The van der Waals surface area contributed by atoms with Gasteiger partial charge < -0.3 is 10.1 Å². The lowest BCUT2D eigenvalue weighted by Gasteiger charge is -2.23. The molecule has 0 aliphatic rings. The number of hydrogen-bond donors (Lipinski definition) is 1. The van der Waals surface area contributed by atoms with E-state index < -0.39 is 11.6 Å². The van der Waals surface area contributed by atoms with Gasteiger partial charge in [0.15, 0.2) is 0 Å². The minimum atomic E-state index is -0.610. The first-order valence-corrected chi connectivity index (χ1v) is 13.0. The number of fused-ring (bicyclic) bond motifs is 2. The van der Waals surface area contributed by atoms with Gasteiger partial charge in [0.05, 0.1) is 28.5 Å². The van der Waals surface area contributed by atoms with Gasteiger partial charge in [-0.25, -0.2) is 9.78 Å². The number of benzene rings is 2. The highest BCUT2D eigenvalue weighted by atomic mass is 16.6. The Bertz CT molecular complexity index is 1790. The van der Waals surface area contributed by atoms with Gasteiger partial charge in [0, 0.05) is 41.5 Å². The Hall–Kier alpha value is -4.46. The largest absolute Gasteiger partial charge is 0.456 e. The molecule has 0 spiro atoms. The lowest BCUT2D eigenvalue weighted by atomic mass is 10.0. The molecular weight excluding hydrogens is 490 g/mol. The van der Waals surface area contributed by atoms with Gasteiger partial charge in [-0.1, -0.05) is 18.2 Å². The fourth-order valence-corrected chi connectivity index (χ4v) is 4.87. The molecule has 0 bridgehead atoms. The van der Waals surface area contributed by atoms with E-state index in [-0.39, 0.29) is 11.6 Å². The minimum absolute atomic E-state index is 0.163. The van der Waals surface area contributed by atoms with Gasteiger partial charge in [0.2, 0.25) is 0 Å². The zero-order chi connectivity index (χ0) is 28.1. The lowest BCUT2D eigenvalue weighted by molar-refractivity contribution is 0.00706. The number of para-hydroxylation sites is 1. The maximum absolute atomic E-state index is 13.3. The van der Waals surface area contributed by atoms with Crippen molar-refractivity contribution in [3.05, 3.63) is 93.5 Å². The van der Waals surface area contributed by atoms with Crippen LogP contribution in [0, 0.1) is 13.8 Å². The fourth-order valence-electron chi connectivity index (χ4n) is 4.87. The summed E-state index contributed by atoms with van der Waals surface area (Å²) in [6.45, 7) is 11.4. The number of carbonyl (C=O) groups excluding carboxylic acids is 1. The zero-order valence-electron chi connectivity index (χ0n) is 23.4. The van der Waals surface area contributed by atoms with Crippen LogP contribution in [-0.4, -0.2) is 30.7 Å². The first kappa shape index (κ1) is 26.2. The number of esters is 1. The van der Waals surface area contributed by atoms with Crippen molar-refractivity contribution >= 4 is 28.2 Å². The smallest absolute Gasteiger partial charge is 0.340 e. The zero-order valence-corrected chi connectivity index (χ0v) is 23.4. The number of rotatable bonds is 5. The second-order valence-corrected chi connectivity index (χ2v) is 11.0.